The summed E-state index contributed by atoms with van der Waals surface area (Å²) < 4.78 is 37.7. The fraction of sp³-hybridized carbons (Fsp3) is 0.500. The minimum absolute atomic E-state index is 0.326. The van der Waals surface area contributed by atoms with Crippen molar-refractivity contribution < 1.29 is 17.5 Å². The third-order valence-corrected chi connectivity index (χ3v) is 5.45. The van der Waals surface area contributed by atoms with Gasteiger partial charge in [0.1, 0.15) is 18.6 Å². The molecular formula is C14H21N5O3S2. The molecule has 0 amide bonds. The van der Waals surface area contributed by atoms with Gasteiger partial charge in [-0.3, -0.25) is 0 Å². The van der Waals surface area contributed by atoms with Gasteiger partial charge in [-0.25, -0.2) is 17.6 Å². The molecule has 0 bridgehead atoms. The minimum Gasteiger partial charge on any atom is -0.748 e. The first kappa shape index (κ1) is 18.6. The van der Waals surface area contributed by atoms with Gasteiger partial charge in [0, 0.05) is 23.9 Å². The third kappa shape index (κ3) is 5.11. The third-order valence-electron chi connectivity index (χ3n) is 3.64. The molecule has 24 heavy (non-hydrogen) atoms. The summed E-state index contributed by atoms with van der Waals surface area (Å²) in [7, 11) is -0.302. The van der Waals surface area contributed by atoms with Gasteiger partial charge in [-0.1, -0.05) is 0 Å². The van der Waals surface area contributed by atoms with Gasteiger partial charge in [0.15, 0.2) is 0 Å². The smallest absolute Gasteiger partial charge is 0.301 e. The first-order valence-corrected chi connectivity index (χ1v) is 9.90. The normalized spacial score (nSPS) is 13.2. The molecule has 0 atom stereocenters. The largest absolute Gasteiger partial charge is 0.748 e. The number of hydrogen-bond acceptors (Lipinski definition) is 6. The number of hydrogen-bond donors (Lipinski definition) is 0. The Hall–Kier alpha value is -1.78. The maximum absolute atomic E-state index is 10.6. The SMILES string of the molecule is Cc1csc(=NN=Cc2n(C)cc[n+]2CCCCS(=O)(=O)[O-])n1C. The van der Waals surface area contributed by atoms with Crippen LogP contribution < -0.4 is 9.37 Å². The van der Waals surface area contributed by atoms with E-state index in [0.717, 1.165) is 16.3 Å². The lowest BCUT2D eigenvalue weighted by molar-refractivity contribution is -0.697. The molecule has 0 N–H and O–H groups in total. The van der Waals surface area contributed by atoms with E-state index in [9.17, 15) is 13.0 Å². The van der Waals surface area contributed by atoms with Crippen molar-refractivity contribution in [2.45, 2.75) is 26.3 Å². The number of thiazole rings is 1. The van der Waals surface area contributed by atoms with Gasteiger partial charge >= 0.3 is 5.82 Å². The van der Waals surface area contributed by atoms with E-state index in [0.29, 0.717) is 19.4 Å². The van der Waals surface area contributed by atoms with Gasteiger partial charge in [-0.15, -0.1) is 21.5 Å². The summed E-state index contributed by atoms with van der Waals surface area (Å²) in [6.07, 6.45) is 6.40. The highest BCUT2D eigenvalue weighted by Gasteiger charge is 2.11. The van der Waals surface area contributed by atoms with Crippen LogP contribution >= 0.6 is 11.3 Å². The fourth-order valence-corrected chi connectivity index (χ4v) is 3.51. The van der Waals surface area contributed by atoms with Crippen molar-refractivity contribution in [3.8, 4) is 0 Å². The Morgan fingerprint density at radius 2 is 2.12 bits per heavy atom. The Morgan fingerprint density at radius 3 is 2.75 bits per heavy atom. The molecule has 0 aromatic carbocycles. The molecule has 132 valence electrons. The predicted molar refractivity (Wildman–Crippen MR) is 90.6 cm³/mol. The van der Waals surface area contributed by atoms with Crippen molar-refractivity contribution in [1.29, 1.82) is 0 Å². The topological polar surface area (TPSA) is 95.7 Å². The molecular weight excluding hydrogens is 350 g/mol. The maximum atomic E-state index is 10.6. The van der Waals surface area contributed by atoms with Crippen molar-refractivity contribution in [1.82, 2.24) is 9.13 Å². The van der Waals surface area contributed by atoms with Crippen LogP contribution in [0.5, 0.6) is 0 Å². The molecule has 0 aliphatic carbocycles. The van der Waals surface area contributed by atoms with Crippen molar-refractivity contribution >= 4 is 27.7 Å². The number of unbranched alkanes of at least 4 members (excludes halogenated alkanes) is 1. The van der Waals surface area contributed by atoms with Gasteiger partial charge in [-0.2, -0.15) is 0 Å². The highest BCUT2D eigenvalue weighted by atomic mass is 32.2. The zero-order chi connectivity index (χ0) is 17.7. The fourth-order valence-electron chi connectivity index (χ4n) is 2.12. The first-order chi connectivity index (χ1) is 11.3. The second-order valence-corrected chi connectivity index (χ2v) is 7.85. The van der Waals surface area contributed by atoms with E-state index in [1.807, 2.05) is 52.5 Å². The van der Waals surface area contributed by atoms with Crippen LogP contribution in [0.2, 0.25) is 0 Å². The number of rotatable bonds is 7. The van der Waals surface area contributed by atoms with Crippen LogP contribution in [0.1, 0.15) is 24.4 Å². The molecule has 2 aromatic heterocycles. The molecule has 2 aromatic rings. The van der Waals surface area contributed by atoms with Gasteiger partial charge in [-0.05, 0) is 19.8 Å². The monoisotopic (exact) mass is 371 g/mol. The van der Waals surface area contributed by atoms with Gasteiger partial charge < -0.3 is 9.12 Å². The summed E-state index contributed by atoms with van der Waals surface area (Å²) in [4.78, 5) is 0.810. The summed E-state index contributed by atoms with van der Waals surface area (Å²) in [5.74, 6) is 0.521. The zero-order valence-electron chi connectivity index (χ0n) is 13.9. The highest BCUT2D eigenvalue weighted by Crippen LogP contribution is 1.98. The van der Waals surface area contributed by atoms with Crippen molar-refractivity contribution in [2.75, 3.05) is 5.75 Å². The van der Waals surface area contributed by atoms with Crippen LogP contribution in [0, 0.1) is 6.92 Å². The van der Waals surface area contributed by atoms with E-state index in [1.54, 1.807) is 6.21 Å². The Labute approximate surface area is 145 Å². The Bertz CT molecular complexity index is 890. The second-order valence-electron chi connectivity index (χ2n) is 5.49. The van der Waals surface area contributed by atoms with Crippen LogP contribution in [-0.4, -0.2) is 34.1 Å². The summed E-state index contributed by atoms with van der Waals surface area (Å²) in [6.45, 7) is 2.62. The van der Waals surface area contributed by atoms with E-state index in [2.05, 4.69) is 10.2 Å². The number of aryl methyl sites for hydroxylation is 3. The molecule has 0 unspecified atom stereocenters. The van der Waals surface area contributed by atoms with E-state index in [4.69, 9.17) is 0 Å². The van der Waals surface area contributed by atoms with Crippen molar-refractivity contribution in [2.24, 2.45) is 24.3 Å². The van der Waals surface area contributed by atoms with E-state index >= 15 is 0 Å². The number of imidazole rings is 1. The first-order valence-electron chi connectivity index (χ1n) is 7.44. The van der Waals surface area contributed by atoms with Gasteiger partial charge in [0.05, 0.1) is 23.7 Å². The van der Waals surface area contributed by atoms with Crippen molar-refractivity contribution in [3.63, 3.8) is 0 Å². The summed E-state index contributed by atoms with van der Waals surface area (Å²) in [6, 6.07) is 0. The molecule has 0 radical (unpaired) electrons. The summed E-state index contributed by atoms with van der Waals surface area (Å²) in [5, 5.41) is 10.4. The quantitative estimate of drug-likeness (QED) is 0.230. The standard InChI is InChI=1S/C14H21N5O3S2/c1-12-11-23-14(18(12)3)16-15-10-13-17(2)7-8-19(13)6-4-5-9-24(20,21)22/h7-8,10-11H,4-6,9H2,1-3H3. The molecule has 2 rings (SSSR count). The van der Waals surface area contributed by atoms with E-state index < -0.39 is 10.1 Å². The van der Waals surface area contributed by atoms with Crippen LogP contribution in [0.15, 0.2) is 28.0 Å². The highest BCUT2D eigenvalue weighted by molar-refractivity contribution is 7.85. The lowest BCUT2D eigenvalue weighted by Gasteiger charge is -2.05. The van der Waals surface area contributed by atoms with E-state index in [-0.39, 0.29) is 5.75 Å². The molecule has 0 aliphatic heterocycles. The van der Waals surface area contributed by atoms with Crippen LogP contribution in [-0.2, 0) is 30.8 Å². The predicted octanol–water partition coefficient (Wildman–Crippen LogP) is 0.281. The summed E-state index contributed by atoms with van der Waals surface area (Å²) >= 11 is 1.52. The van der Waals surface area contributed by atoms with Gasteiger partial charge in [0.25, 0.3) is 0 Å². The van der Waals surface area contributed by atoms with Crippen LogP contribution in [0.3, 0.4) is 0 Å². The maximum Gasteiger partial charge on any atom is 0.301 e. The van der Waals surface area contributed by atoms with Gasteiger partial charge in [0.2, 0.25) is 4.80 Å². The van der Waals surface area contributed by atoms with Crippen LogP contribution in [0.4, 0.5) is 0 Å². The molecule has 0 spiro atoms. The average Bonchev–Trinajstić information content (AvgIpc) is 3.00. The molecule has 0 fully saturated rings. The number of aromatic nitrogens is 3. The lowest BCUT2D eigenvalue weighted by Crippen LogP contribution is -2.37. The van der Waals surface area contributed by atoms with E-state index in [1.165, 1.54) is 11.3 Å². The molecule has 0 aliphatic rings. The Kier molecular flexibility index (Phi) is 6.08. The molecule has 10 heteroatoms. The van der Waals surface area contributed by atoms with Crippen LogP contribution in [0.25, 0.3) is 0 Å². The Morgan fingerprint density at radius 1 is 1.38 bits per heavy atom. The Balaban J connectivity index is 2.05. The minimum atomic E-state index is -4.14. The van der Waals surface area contributed by atoms with Crippen molar-refractivity contribution in [3.05, 3.63) is 34.1 Å². The lowest BCUT2D eigenvalue weighted by atomic mass is 10.3. The molecule has 0 saturated carbocycles. The molecule has 8 nitrogen and oxygen atoms in total. The molecule has 0 saturated heterocycles. The summed E-state index contributed by atoms with van der Waals surface area (Å²) in [5.41, 5.74) is 1.12. The average molecular weight is 371 g/mol. The second kappa shape index (κ2) is 7.86. The zero-order valence-corrected chi connectivity index (χ0v) is 15.5. The number of nitrogens with zero attached hydrogens (tertiary/aromatic N) is 5. The molecule has 2 heterocycles.